The van der Waals surface area contributed by atoms with Gasteiger partial charge in [0.1, 0.15) is 11.4 Å². The van der Waals surface area contributed by atoms with E-state index in [0.29, 0.717) is 5.75 Å². The molecule has 1 aromatic rings. The summed E-state index contributed by atoms with van der Waals surface area (Å²) in [7, 11) is 0. The van der Waals surface area contributed by atoms with Crippen LogP contribution >= 0.6 is 11.8 Å². The molecule has 0 heterocycles. The van der Waals surface area contributed by atoms with Gasteiger partial charge in [0.25, 0.3) is 0 Å². The van der Waals surface area contributed by atoms with Crippen molar-refractivity contribution in [3.05, 3.63) is 35.6 Å². The molecule has 0 aliphatic rings. The number of ether oxygens (including phenoxy) is 1. The number of rotatable bonds is 8. The van der Waals surface area contributed by atoms with Crippen LogP contribution in [0.2, 0.25) is 0 Å². The molecule has 0 saturated heterocycles. The first-order valence-corrected chi connectivity index (χ1v) is 9.88. The van der Waals surface area contributed by atoms with Crippen molar-refractivity contribution in [3.63, 3.8) is 0 Å². The molecular weight excluding hydrogens is 369 g/mol. The van der Waals surface area contributed by atoms with E-state index in [1.165, 1.54) is 30.8 Å². The second-order valence-electron chi connectivity index (χ2n) is 8.15. The van der Waals surface area contributed by atoms with Crippen molar-refractivity contribution in [2.75, 3.05) is 5.75 Å². The molecule has 0 aromatic heterocycles. The number of halogens is 1. The maximum absolute atomic E-state index is 12.9. The first kappa shape index (κ1) is 23.3. The zero-order valence-electron chi connectivity index (χ0n) is 16.9. The van der Waals surface area contributed by atoms with Crippen molar-refractivity contribution in [3.8, 4) is 0 Å². The molecule has 0 radical (unpaired) electrons. The van der Waals surface area contributed by atoms with Crippen LogP contribution in [0.4, 0.5) is 9.18 Å². The summed E-state index contributed by atoms with van der Waals surface area (Å²) in [5.74, 6) is -0.687. The van der Waals surface area contributed by atoms with Gasteiger partial charge in [-0.25, -0.2) is 14.0 Å². The third-order valence-corrected chi connectivity index (χ3v) is 5.99. The highest BCUT2D eigenvalue weighted by atomic mass is 32.2. The van der Waals surface area contributed by atoms with Crippen LogP contribution in [-0.4, -0.2) is 38.8 Å². The normalized spacial score (nSPS) is 14.3. The molecule has 152 valence electrons. The number of aryl methyl sites for hydroxylation is 1. The van der Waals surface area contributed by atoms with Crippen LogP contribution < -0.4 is 5.32 Å². The topological polar surface area (TPSA) is 75.6 Å². The largest absolute Gasteiger partial charge is 0.479 e. The summed E-state index contributed by atoms with van der Waals surface area (Å²) >= 11 is 1.47. The van der Waals surface area contributed by atoms with Gasteiger partial charge in [-0.2, -0.15) is 11.8 Å². The van der Waals surface area contributed by atoms with Gasteiger partial charge in [0.05, 0.1) is 0 Å². The van der Waals surface area contributed by atoms with Gasteiger partial charge < -0.3 is 15.2 Å². The summed E-state index contributed by atoms with van der Waals surface area (Å²) in [6.07, 6.45) is 0.821. The number of thioether (sulfide) groups is 1. The molecular formula is C20H30FNO4S. The lowest BCUT2D eigenvalue weighted by Crippen LogP contribution is -2.64. The minimum absolute atomic E-state index is 0.264. The highest BCUT2D eigenvalue weighted by Crippen LogP contribution is 2.37. The Morgan fingerprint density at radius 1 is 1.11 bits per heavy atom. The number of carbonyl (C=O) groups excluding carboxylic acids is 1. The number of nitrogens with one attached hydrogen (secondary N) is 1. The molecule has 1 aromatic carbocycles. The quantitative estimate of drug-likeness (QED) is 0.623. The first-order valence-electron chi connectivity index (χ1n) is 8.90. The zero-order valence-corrected chi connectivity index (χ0v) is 17.7. The average molecular weight is 400 g/mol. The van der Waals surface area contributed by atoms with Crippen LogP contribution in [0.1, 0.15) is 53.5 Å². The van der Waals surface area contributed by atoms with Crippen molar-refractivity contribution in [2.24, 2.45) is 0 Å². The highest BCUT2D eigenvalue weighted by Gasteiger charge is 2.49. The number of hydrogen-bond acceptors (Lipinski definition) is 4. The first-order chi connectivity index (χ1) is 12.3. The van der Waals surface area contributed by atoms with Gasteiger partial charge in [0.2, 0.25) is 0 Å². The van der Waals surface area contributed by atoms with Gasteiger partial charge in [0, 0.05) is 4.75 Å². The molecule has 0 fully saturated rings. The van der Waals surface area contributed by atoms with E-state index in [1.54, 1.807) is 46.8 Å². The molecule has 1 atom stereocenters. The maximum atomic E-state index is 12.9. The molecule has 1 rings (SSSR count). The van der Waals surface area contributed by atoms with Gasteiger partial charge in [-0.15, -0.1) is 0 Å². The lowest BCUT2D eigenvalue weighted by atomic mass is 9.87. The molecule has 1 amide bonds. The molecule has 0 bridgehead atoms. The van der Waals surface area contributed by atoms with Crippen LogP contribution in [0.15, 0.2) is 24.3 Å². The number of carboxylic acids is 1. The molecule has 0 spiro atoms. The van der Waals surface area contributed by atoms with Crippen molar-refractivity contribution < 1.29 is 23.8 Å². The summed E-state index contributed by atoms with van der Waals surface area (Å²) in [6, 6.07) is 6.35. The molecule has 0 saturated carbocycles. The summed E-state index contributed by atoms with van der Waals surface area (Å²) < 4.78 is 17.4. The van der Waals surface area contributed by atoms with Crippen LogP contribution in [0.25, 0.3) is 0 Å². The van der Waals surface area contributed by atoms with Gasteiger partial charge in [-0.1, -0.05) is 12.1 Å². The Balaban J connectivity index is 2.69. The monoisotopic (exact) mass is 399 g/mol. The Bertz CT molecular complexity index is 655. The average Bonchev–Trinajstić information content (AvgIpc) is 2.50. The van der Waals surface area contributed by atoms with Gasteiger partial charge >= 0.3 is 12.1 Å². The maximum Gasteiger partial charge on any atom is 0.408 e. The number of alkyl carbamates (subject to hydrolysis) is 1. The van der Waals surface area contributed by atoms with E-state index in [1.807, 2.05) is 0 Å². The molecule has 2 N–H and O–H groups in total. The van der Waals surface area contributed by atoms with Gasteiger partial charge in [-0.3, -0.25) is 0 Å². The fourth-order valence-electron chi connectivity index (χ4n) is 2.37. The van der Waals surface area contributed by atoms with E-state index >= 15 is 0 Å². The SMILES string of the molecule is CC(C)(C)OC(=O)N[C@](C)(C(=O)O)C(C)(C)SCCCc1ccc(F)cc1. The summed E-state index contributed by atoms with van der Waals surface area (Å²) in [5.41, 5.74) is -1.19. The van der Waals surface area contributed by atoms with Crippen LogP contribution in [0, 0.1) is 5.82 Å². The number of benzene rings is 1. The van der Waals surface area contributed by atoms with Gasteiger partial charge in [-0.05, 0) is 77.8 Å². The summed E-state index contributed by atoms with van der Waals surface area (Å²) in [5, 5.41) is 12.3. The lowest BCUT2D eigenvalue weighted by Gasteiger charge is -2.41. The van der Waals surface area contributed by atoms with Crippen molar-refractivity contribution in [1.29, 1.82) is 0 Å². The zero-order chi connectivity index (χ0) is 20.9. The fourth-order valence-corrected chi connectivity index (χ4v) is 3.59. The lowest BCUT2D eigenvalue weighted by molar-refractivity contribution is -0.145. The molecule has 7 heteroatoms. The molecule has 27 heavy (non-hydrogen) atoms. The number of hydrogen-bond donors (Lipinski definition) is 2. The van der Waals surface area contributed by atoms with E-state index < -0.39 is 27.9 Å². The summed E-state index contributed by atoms with van der Waals surface area (Å²) in [6.45, 7) is 10.2. The summed E-state index contributed by atoms with van der Waals surface area (Å²) in [4.78, 5) is 24.1. The predicted octanol–water partition coefficient (Wildman–Crippen LogP) is 4.64. The third-order valence-electron chi connectivity index (χ3n) is 4.37. The van der Waals surface area contributed by atoms with E-state index in [2.05, 4.69) is 5.32 Å². The number of carboxylic acid groups (broad SMARTS) is 1. The second kappa shape index (κ2) is 8.95. The molecule has 0 unspecified atom stereocenters. The third kappa shape index (κ3) is 7.05. The van der Waals surface area contributed by atoms with Crippen molar-refractivity contribution in [1.82, 2.24) is 5.32 Å². The number of aliphatic carboxylic acids is 1. The minimum atomic E-state index is -1.50. The van der Waals surface area contributed by atoms with E-state index in [9.17, 15) is 19.1 Å². The second-order valence-corrected chi connectivity index (χ2v) is 9.86. The van der Waals surface area contributed by atoms with Crippen molar-refractivity contribution >= 4 is 23.8 Å². The predicted molar refractivity (Wildman–Crippen MR) is 107 cm³/mol. The fraction of sp³-hybridized carbons (Fsp3) is 0.600. The Hall–Kier alpha value is -1.76. The van der Waals surface area contributed by atoms with E-state index in [0.717, 1.165) is 18.4 Å². The van der Waals surface area contributed by atoms with Crippen LogP contribution in [0.5, 0.6) is 0 Å². The van der Waals surface area contributed by atoms with Crippen molar-refractivity contribution in [2.45, 2.75) is 70.3 Å². The molecule has 0 aliphatic heterocycles. The van der Waals surface area contributed by atoms with E-state index in [-0.39, 0.29) is 5.82 Å². The number of amides is 1. The molecule has 5 nitrogen and oxygen atoms in total. The minimum Gasteiger partial charge on any atom is -0.479 e. The standard InChI is InChI=1S/C20H30FNO4S/c1-18(2,3)26-17(25)22-20(6,16(23)24)19(4,5)27-13-7-8-14-9-11-15(21)12-10-14/h9-12H,7-8,13H2,1-6H3,(H,22,25)(H,23,24)/t20-/m1/s1. The Labute approximate surface area is 165 Å². The number of carbonyl (C=O) groups is 2. The van der Waals surface area contributed by atoms with Gasteiger partial charge in [0.15, 0.2) is 5.54 Å². The highest BCUT2D eigenvalue weighted by molar-refractivity contribution is 8.00. The Morgan fingerprint density at radius 3 is 2.15 bits per heavy atom. The molecule has 0 aliphatic carbocycles. The Morgan fingerprint density at radius 2 is 1.67 bits per heavy atom. The van der Waals surface area contributed by atoms with E-state index in [4.69, 9.17) is 4.74 Å². The van der Waals surface area contributed by atoms with Crippen LogP contribution in [-0.2, 0) is 16.0 Å². The Kier molecular flexibility index (Phi) is 7.72. The smallest absolute Gasteiger partial charge is 0.408 e. The van der Waals surface area contributed by atoms with Crippen LogP contribution in [0.3, 0.4) is 0 Å².